The van der Waals surface area contributed by atoms with E-state index in [-0.39, 0.29) is 22.2 Å². The zero-order valence-electron chi connectivity index (χ0n) is 12.3. The Labute approximate surface area is 129 Å². The molecule has 0 unspecified atom stereocenters. The van der Waals surface area contributed by atoms with Crippen molar-refractivity contribution in [2.45, 2.75) is 26.2 Å². The first-order valence-corrected chi connectivity index (χ1v) is 6.94. The molecule has 0 radical (unpaired) electrons. The Bertz CT molecular complexity index is 677. The number of nitrogen functional groups attached to an aromatic ring is 1. The van der Waals surface area contributed by atoms with Crippen LogP contribution in [0.25, 0.3) is 0 Å². The van der Waals surface area contributed by atoms with Crippen molar-refractivity contribution in [3.8, 4) is 11.6 Å². The molecule has 5 heteroatoms. The number of amidine groups is 1. The van der Waals surface area contributed by atoms with Gasteiger partial charge >= 0.3 is 0 Å². The summed E-state index contributed by atoms with van der Waals surface area (Å²) in [5.74, 6) is 0.781. The van der Waals surface area contributed by atoms with E-state index >= 15 is 0 Å². The van der Waals surface area contributed by atoms with Gasteiger partial charge in [0, 0.05) is 11.8 Å². The molecule has 0 fully saturated rings. The highest BCUT2D eigenvalue weighted by molar-refractivity contribution is 6.35. The van der Waals surface area contributed by atoms with E-state index in [1.807, 2.05) is 24.3 Å². The van der Waals surface area contributed by atoms with Crippen molar-refractivity contribution >= 4 is 17.4 Å². The van der Waals surface area contributed by atoms with Gasteiger partial charge in [0.05, 0.1) is 0 Å². The lowest BCUT2D eigenvalue weighted by atomic mass is 9.87. The van der Waals surface area contributed by atoms with E-state index in [4.69, 9.17) is 27.5 Å². The SMILES string of the molecule is CC(C)(C)c1cccc(Oc2nccc(C(=N)N)c2Cl)c1. The fourth-order valence-electron chi connectivity index (χ4n) is 1.84. The Morgan fingerprint density at radius 1 is 1.29 bits per heavy atom. The van der Waals surface area contributed by atoms with Gasteiger partial charge in [0.2, 0.25) is 5.88 Å². The lowest BCUT2D eigenvalue weighted by Crippen LogP contribution is -2.12. The molecule has 0 aliphatic rings. The van der Waals surface area contributed by atoms with Crippen molar-refractivity contribution < 1.29 is 4.74 Å². The van der Waals surface area contributed by atoms with Crippen LogP contribution in [0.2, 0.25) is 5.02 Å². The van der Waals surface area contributed by atoms with Gasteiger partial charge in [-0.3, -0.25) is 5.41 Å². The predicted molar refractivity (Wildman–Crippen MR) is 85.5 cm³/mol. The van der Waals surface area contributed by atoms with Crippen molar-refractivity contribution in [2.24, 2.45) is 5.73 Å². The summed E-state index contributed by atoms with van der Waals surface area (Å²) in [6.45, 7) is 6.40. The second-order valence-corrected chi connectivity index (χ2v) is 6.15. The van der Waals surface area contributed by atoms with Crippen LogP contribution in [0.4, 0.5) is 0 Å². The fraction of sp³-hybridized carbons (Fsp3) is 0.250. The van der Waals surface area contributed by atoms with Crippen molar-refractivity contribution in [2.75, 3.05) is 0 Å². The van der Waals surface area contributed by atoms with Crippen LogP contribution < -0.4 is 10.5 Å². The van der Waals surface area contributed by atoms with Crippen LogP contribution in [-0.4, -0.2) is 10.8 Å². The number of pyridine rings is 1. The monoisotopic (exact) mass is 303 g/mol. The molecule has 1 aromatic carbocycles. The van der Waals surface area contributed by atoms with Gasteiger partial charge in [0.1, 0.15) is 16.6 Å². The molecule has 2 aromatic rings. The molecule has 0 spiro atoms. The third-order valence-electron chi connectivity index (χ3n) is 3.06. The normalized spacial score (nSPS) is 11.2. The van der Waals surface area contributed by atoms with E-state index < -0.39 is 0 Å². The van der Waals surface area contributed by atoms with Gasteiger partial charge in [0.15, 0.2) is 0 Å². The minimum atomic E-state index is -0.115. The van der Waals surface area contributed by atoms with E-state index in [9.17, 15) is 0 Å². The van der Waals surface area contributed by atoms with Crippen molar-refractivity contribution in [3.05, 3.63) is 52.7 Å². The predicted octanol–water partition coefficient (Wildman–Crippen LogP) is 4.11. The van der Waals surface area contributed by atoms with Crippen molar-refractivity contribution in [1.82, 2.24) is 4.98 Å². The maximum absolute atomic E-state index is 7.48. The Morgan fingerprint density at radius 2 is 2.00 bits per heavy atom. The van der Waals surface area contributed by atoms with E-state index in [0.717, 1.165) is 5.56 Å². The Balaban J connectivity index is 2.35. The summed E-state index contributed by atoms with van der Waals surface area (Å²) >= 11 is 6.18. The number of hydrogen-bond acceptors (Lipinski definition) is 3. The molecule has 2 rings (SSSR count). The van der Waals surface area contributed by atoms with E-state index in [1.165, 1.54) is 6.20 Å². The Morgan fingerprint density at radius 3 is 2.62 bits per heavy atom. The number of halogens is 1. The number of nitrogens with two attached hydrogens (primary N) is 1. The maximum atomic E-state index is 7.48. The van der Waals surface area contributed by atoms with Crippen LogP contribution in [0, 0.1) is 5.41 Å². The molecule has 0 bridgehead atoms. The third-order valence-corrected chi connectivity index (χ3v) is 3.43. The molecule has 4 nitrogen and oxygen atoms in total. The molecule has 1 aromatic heterocycles. The quantitative estimate of drug-likeness (QED) is 0.662. The summed E-state index contributed by atoms with van der Waals surface area (Å²) in [4.78, 5) is 4.10. The molecular weight excluding hydrogens is 286 g/mol. The second kappa shape index (κ2) is 5.74. The molecule has 21 heavy (non-hydrogen) atoms. The molecule has 0 amide bonds. The number of rotatable bonds is 3. The summed E-state index contributed by atoms with van der Waals surface area (Å²) in [6, 6.07) is 9.36. The first-order valence-electron chi connectivity index (χ1n) is 6.56. The number of nitrogens with one attached hydrogen (secondary N) is 1. The molecule has 0 saturated carbocycles. The highest BCUT2D eigenvalue weighted by atomic mass is 35.5. The van der Waals surface area contributed by atoms with E-state index in [2.05, 4.69) is 25.8 Å². The molecule has 110 valence electrons. The van der Waals surface area contributed by atoms with Gasteiger partial charge in [-0.15, -0.1) is 0 Å². The summed E-state index contributed by atoms with van der Waals surface area (Å²) in [5.41, 5.74) is 7.06. The van der Waals surface area contributed by atoms with Crippen LogP contribution in [-0.2, 0) is 5.41 Å². The van der Waals surface area contributed by atoms with Gasteiger partial charge in [-0.2, -0.15) is 0 Å². The molecule has 0 atom stereocenters. The average Bonchev–Trinajstić information content (AvgIpc) is 2.40. The molecule has 1 heterocycles. The number of aromatic nitrogens is 1. The first kappa shape index (κ1) is 15.3. The number of ether oxygens (including phenoxy) is 1. The van der Waals surface area contributed by atoms with E-state index in [1.54, 1.807) is 6.07 Å². The summed E-state index contributed by atoms with van der Waals surface area (Å²) in [5, 5.41) is 7.72. The smallest absolute Gasteiger partial charge is 0.238 e. The molecule has 3 N–H and O–H groups in total. The number of benzene rings is 1. The van der Waals surface area contributed by atoms with E-state index in [0.29, 0.717) is 11.3 Å². The second-order valence-electron chi connectivity index (χ2n) is 5.77. The number of hydrogen-bond donors (Lipinski definition) is 2. The van der Waals surface area contributed by atoms with Crippen LogP contribution >= 0.6 is 11.6 Å². The van der Waals surface area contributed by atoms with Crippen LogP contribution in [0.3, 0.4) is 0 Å². The zero-order valence-corrected chi connectivity index (χ0v) is 13.0. The molecule has 0 aliphatic carbocycles. The largest absolute Gasteiger partial charge is 0.438 e. The molecule has 0 saturated heterocycles. The standard InChI is InChI=1S/C16H18ClN3O/c1-16(2,3)10-5-4-6-11(9-10)21-15-13(17)12(14(18)19)7-8-20-15/h4-9H,1-3H3,(H3,18,19). The minimum Gasteiger partial charge on any atom is -0.438 e. The lowest BCUT2D eigenvalue weighted by Gasteiger charge is -2.19. The van der Waals surface area contributed by atoms with Gasteiger partial charge in [-0.25, -0.2) is 4.98 Å². The average molecular weight is 304 g/mol. The fourth-order valence-corrected chi connectivity index (χ4v) is 2.09. The number of nitrogens with zero attached hydrogens (tertiary/aromatic N) is 1. The minimum absolute atomic E-state index is 0.0256. The summed E-state index contributed by atoms with van der Waals surface area (Å²) < 4.78 is 5.74. The lowest BCUT2D eigenvalue weighted by molar-refractivity contribution is 0.460. The highest BCUT2D eigenvalue weighted by Crippen LogP contribution is 2.32. The van der Waals surface area contributed by atoms with Gasteiger partial charge in [0.25, 0.3) is 0 Å². The zero-order chi connectivity index (χ0) is 15.6. The summed E-state index contributed by atoms with van der Waals surface area (Å²) in [7, 11) is 0. The van der Waals surface area contributed by atoms with Crippen LogP contribution in [0.15, 0.2) is 36.5 Å². The maximum Gasteiger partial charge on any atom is 0.238 e. The van der Waals surface area contributed by atoms with Crippen molar-refractivity contribution in [3.63, 3.8) is 0 Å². The Hall–Kier alpha value is -2.07. The highest BCUT2D eigenvalue weighted by Gasteiger charge is 2.16. The summed E-state index contributed by atoms with van der Waals surface area (Å²) in [6.07, 6.45) is 1.52. The molecular formula is C16H18ClN3O. The van der Waals surface area contributed by atoms with Crippen molar-refractivity contribution in [1.29, 1.82) is 5.41 Å². The first-order chi connectivity index (χ1) is 9.79. The topological polar surface area (TPSA) is 72.0 Å². The Kier molecular flexibility index (Phi) is 4.19. The van der Waals surface area contributed by atoms with Gasteiger partial charge in [-0.1, -0.05) is 44.5 Å². The third kappa shape index (κ3) is 3.52. The van der Waals surface area contributed by atoms with Gasteiger partial charge < -0.3 is 10.5 Å². The molecule has 0 aliphatic heterocycles. The van der Waals surface area contributed by atoms with Crippen LogP contribution in [0.5, 0.6) is 11.6 Å². The van der Waals surface area contributed by atoms with Crippen LogP contribution in [0.1, 0.15) is 31.9 Å². The van der Waals surface area contributed by atoms with Gasteiger partial charge in [-0.05, 0) is 29.2 Å².